The lowest BCUT2D eigenvalue weighted by Gasteiger charge is -2.43. The zero-order chi connectivity index (χ0) is 25.9. The molecule has 0 radical (unpaired) electrons. The fraction of sp³-hybridized carbons (Fsp3) is 0.286. The minimum Gasteiger partial charge on any atom is -0.533 e. The number of hydrogen-bond acceptors (Lipinski definition) is 4. The molecule has 2 N–H and O–H groups in total. The molecule has 0 spiro atoms. The summed E-state index contributed by atoms with van der Waals surface area (Å²) in [4.78, 5) is 24.3. The van der Waals surface area contributed by atoms with E-state index in [0.29, 0.717) is 5.75 Å². The van der Waals surface area contributed by atoms with Crippen LogP contribution in [0.5, 0.6) is 5.75 Å². The molecule has 0 saturated carbocycles. The van der Waals surface area contributed by atoms with E-state index >= 15 is 0 Å². The lowest BCUT2D eigenvalue weighted by molar-refractivity contribution is 0.0632. The molecule has 0 aliphatic rings. The Morgan fingerprint density at radius 1 is 0.800 bits per heavy atom. The molecule has 0 aliphatic heterocycles. The van der Waals surface area contributed by atoms with Gasteiger partial charge >= 0.3 is 20.4 Å². The van der Waals surface area contributed by atoms with Crippen molar-refractivity contribution in [3.8, 4) is 5.75 Å². The highest BCUT2D eigenvalue weighted by Crippen LogP contribution is 2.39. The fourth-order valence-electron chi connectivity index (χ4n) is 4.08. The van der Waals surface area contributed by atoms with E-state index in [1.807, 2.05) is 36.4 Å². The topological polar surface area (TPSA) is 84.9 Å². The van der Waals surface area contributed by atoms with Crippen LogP contribution in [0.4, 0.5) is 10.5 Å². The standard InChI is InChI=1S/C28H33NO5Si/c1-27(2,3)33-26(32)29-23-19-20(25(30)31)17-18-24(23)34-35(28(4,5)6,21-13-9-7-10-14-21)22-15-11-8-12-16-22/h7-19H,1-6H3,(H,29,32)(H,30,31). The third kappa shape index (κ3) is 5.92. The summed E-state index contributed by atoms with van der Waals surface area (Å²) < 4.78 is 12.4. The van der Waals surface area contributed by atoms with Crippen LogP contribution in [0, 0.1) is 0 Å². The zero-order valence-corrected chi connectivity index (χ0v) is 22.1. The Bertz CT molecular complexity index is 1140. The van der Waals surface area contributed by atoms with Gasteiger partial charge in [0.1, 0.15) is 11.4 Å². The van der Waals surface area contributed by atoms with Crippen LogP contribution in [0.25, 0.3) is 0 Å². The number of rotatable bonds is 6. The summed E-state index contributed by atoms with van der Waals surface area (Å²) in [6, 6.07) is 24.6. The molecule has 0 aliphatic carbocycles. The summed E-state index contributed by atoms with van der Waals surface area (Å²) >= 11 is 0. The molecule has 6 nitrogen and oxygen atoms in total. The molecule has 0 atom stereocenters. The van der Waals surface area contributed by atoms with Gasteiger partial charge < -0.3 is 14.3 Å². The maximum Gasteiger partial charge on any atom is 0.412 e. The lowest BCUT2D eigenvalue weighted by atomic mass is 10.2. The minimum atomic E-state index is -3.00. The molecule has 0 saturated heterocycles. The van der Waals surface area contributed by atoms with Crippen molar-refractivity contribution in [2.45, 2.75) is 52.2 Å². The molecule has 3 rings (SSSR count). The Kier molecular flexibility index (Phi) is 7.40. The first kappa shape index (κ1) is 26.0. The monoisotopic (exact) mass is 491 g/mol. The third-order valence-corrected chi connectivity index (χ3v) is 10.5. The second kappa shape index (κ2) is 9.96. The van der Waals surface area contributed by atoms with Gasteiger partial charge in [-0.25, -0.2) is 9.59 Å². The van der Waals surface area contributed by atoms with E-state index < -0.39 is 26.0 Å². The van der Waals surface area contributed by atoms with E-state index in [2.05, 4.69) is 50.4 Å². The van der Waals surface area contributed by atoms with E-state index in [-0.39, 0.29) is 16.3 Å². The molecule has 184 valence electrons. The maximum atomic E-state index is 12.6. The van der Waals surface area contributed by atoms with E-state index in [1.165, 1.54) is 12.1 Å². The van der Waals surface area contributed by atoms with Crippen molar-refractivity contribution in [1.82, 2.24) is 0 Å². The van der Waals surface area contributed by atoms with Crippen molar-refractivity contribution >= 4 is 36.4 Å². The average Bonchev–Trinajstić information content (AvgIpc) is 2.77. The summed E-state index contributed by atoms with van der Waals surface area (Å²) in [5.41, 5.74) is -0.439. The second-order valence-electron chi connectivity index (χ2n) is 10.4. The normalized spacial score (nSPS) is 12.1. The molecule has 7 heteroatoms. The number of ether oxygens (including phenoxy) is 1. The molecule has 1 amide bonds. The summed E-state index contributed by atoms with van der Waals surface area (Å²) in [6.45, 7) is 11.7. The number of benzene rings is 3. The summed E-state index contributed by atoms with van der Waals surface area (Å²) in [5.74, 6) is -0.718. The summed E-state index contributed by atoms with van der Waals surface area (Å²) in [6.07, 6.45) is -0.688. The van der Waals surface area contributed by atoms with Gasteiger partial charge in [-0.2, -0.15) is 0 Å². The SMILES string of the molecule is CC(C)(C)OC(=O)Nc1cc(C(=O)O)ccc1O[Si](c1ccccc1)(c1ccccc1)C(C)(C)C. The van der Waals surface area contributed by atoms with Gasteiger partial charge in [-0.1, -0.05) is 81.4 Å². The smallest absolute Gasteiger partial charge is 0.412 e. The molecule has 0 unspecified atom stereocenters. The molecule has 3 aromatic carbocycles. The number of hydrogen-bond donors (Lipinski definition) is 2. The van der Waals surface area contributed by atoms with E-state index in [0.717, 1.165) is 10.4 Å². The molecule has 0 bridgehead atoms. The third-order valence-electron chi connectivity index (χ3n) is 5.54. The van der Waals surface area contributed by atoms with Crippen LogP contribution in [0.3, 0.4) is 0 Å². The molecule has 0 fully saturated rings. The zero-order valence-electron chi connectivity index (χ0n) is 21.1. The lowest BCUT2D eigenvalue weighted by Crippen LogP contribution is -2.68. The molecule has 0 heterocycles. The predicted octanol–water partition coefficient (Wildman–Crippen LogP) is 5.67. The van der Waals surface area contributed by atoms with Crippen LogP contribution >= 0.6 is 0 Å². The van der Waals surface area contributed by atoms with Crippen LogP contribution in [0.15, 0.2) is 78.9 Å². The number of nitrogens with one attached hydrogen (secondary N) is 1. The van der Waals surface area contributed by atoms with Gasteiger partial charge in [0, 0.05) is 0 Å². The second-order valence-corrected chi connectivity index (χ2v) is 14.6. The summed E-state index contributed by atoms with van der Waals surface area (Å²) in [7, 11) is -3.00. The van der Waals surface area contributed by atoms with Crippen LogP contribution < -0.4 is 20.1 Å². The van der Waals surface area contributed by atoms with Crippen LogP contribution in [-0.2, 0) is 4.74 Å². The van der Waals surface area contributed by atoms with Gasteiger partial charge in [0.05, 0.1) is 11.3 Å². The molecular formula is C28H33NO5Si. The highest BCUT2D eigenvalue weighted by Gasteiger charge is 2.52. The van der Waals surface area contributed by atoms with Crippen LogP contribution in [0.2, 0.25) is 5.04 Å². The van der Waals surface area contributed by atoms with Crippen molar-refractivity contribution in [2.75, 3.05) is 5.32 Å². The molecule has 0 aromatic heterocycles. The van der Waals surface area contributed by atoms with Crippen LogP contribution in [0.1, 0.15) is 51.9 Å². The Balaban J connectivity index is 2.21. The van der Waals surface area contributed by atoms with Crippen LogP contribution in [-0.4, -0.2) is 31.1 Å². The highest BCUT2D eigenvalue weighted by atomic mass is 28.4. The molecule has 3 aromatic rings. The minimum absolute atomic E-state index is 0.0332. The fourth-order valence-corrected chi connectivity index (χ4v) is 8.52. The first-order valence-corrected chi connectivity index (χ1v) is 13.4. The van der Waals surface area contributed by atoms with Crippen molar-refractivity contribution in [3.63, 3.8) is 0 Å². The van der Waals surface area contributed by atoms with E-state index in [9.17, 15) is 14.7 Å². The number of amides is 1. The van der Waals surface area contributed by atoms with Crippen molar-refractivity contribution < 1.29 is 23.9 Å². The van der Waals surface area contributed by atoms with Crippen molar-refractivity contribution in [2.24, 2.45) is 0 Å². The Morgan fingerprint density at radius 3 is 1.74 bits per heavy atom. The number of carbonyl (C=O) groups excluding carboxylic acids is 1. The Morgan fingerprint density at radius 2 is 1.31 bits per heavy atom. The molecular weight excluding hydrogens is 458 g/mol. The Hall–Kier alpha value is -3.58. The van der Waals surface area contributed by atoms with Crippen molar-refractivity contribution in [1.29, 1.82) is 0 Å². The number of aromatic carboxylic acids is 1. The number of carboxylic acid groups (broad SMARTS) is 1. The average molecular weight is 492 g/mol. The number of carbonyl (C=O) groups is 2. The van der Waals surface area contributed by atoms with Gasteiger partial charge in [-0.3, -0.25) is 5.32 Å². The van der Waals surface area contributed by atoms with Gasteiger partial charge in [0.2, 0.25) is 0 Å². The Labute approximate surface area is 208 Å². The first-order chi connectivity index (χ1) is 16.3. The predicted molar refractivity (Wildman–Crippen MR) is 142 cm³/mol. The number of carboxylic acids is 1. The van der Waals surface area contributed by atoms with E-state index in [4.69, 9.17) is 9.16 Å². The molecule has 35 heavy (non-hydrogen) atoms. The number of anilines is 1. The van der Waals surface area contributed by atoms with Gasteiger partial charge in [-0.15, -0.1) is 0 Å². The van der Waals surface area contributed by atoms with E-state index in [1.54, 1.807) is 26.8 Å². The van der Waals surface area contributed by atoms with Crippen molar-refractivity contribution in [3.05, 3.63) is 84.4 Å². The van der Waals surface area contributed by atoms with Gasteiger partial charge in [0.15, 0.2) is 0 Å². The maximum absolute atomic E-state index is 12.6. The first-order valence-electron chi connectivity index (χ1n) is 11.5. The van der Waals surface area contributed by atoms with Gasteiger partial charge in [-0.05, 0) is 54.4 Å². The van der Waals surface area contributed by atoms with Gasteiger partial charge in [0.25, 0.3) is 0 Å². The highest BCUT2D eigenvalue weighted by molar-refractivity contribution is 7.00. The largest absolute Gasteiger partial charge is 0.533 e. The summed E-state index contributed by atoms with van der Waals surface area (Å²) in [5, 5.41) is 14.1. The quantitative estimate of drug-likeness (QED) is 0.434.